The predicted molar refractivity (Wildman–Crippen MR) is 159 cm³/mol. The van der Waals surface area contributed by atoms with Crippen molar-refractivity contribution in [1.82, 2.24) is 14.8 Å². The van der Waals surface area contributed by atoms with Crippen molar-refractivity contribution in [3.63, 3.8) is 0 Å². The quantitative estimate of drug-likeness (QED) is 0.280. The molecule has 3 amide bonds. The van der Waals surface area contributed by atoms with Crippen LogP contribution in [0.15, 0.2) is 52.9 Å². The van der Waals surface area contributed by atoms with Gasteiger partial charge in [0.15, 0.2) is 11.7 Å². The Hall–Kier alpha value is -3.80. The number of carbonyl (C=O) groups is 3. The Kier molecular flexibility index (Phi) is 10.5. The minimum Gasteiger partial charge on any atom is -0.461 e. The van der Waals surface area contributed by atoms with Crippen molar-refractivity contribution in [3.05, 3.63) is 65.5 Å². The SMILES string of the molecule is CC(C)[C@@H](C(O)c1nc2cc(CO)ccc2o1)N(C(=O)[C@@H](N)C(C)C)C(=O)N1CCCC1CC(=O)OCc1ccccc1. The number of benzene rings is 2. The molecule has 2 aromatic carbocycles. The van der Waals surface area contributed by atoms with Crippen LogP contribution in [0.25, 0.3) is 11.1 Å². The highest BCUT2D eigenvalue weighted by Gasteiger charge is 2.45. The summed E-state index contributed by atoms with van der Waals surface area (Å²) in [6.45, 7) is 7.43. The van der Waals surface area contributed by atoms with Gasteiger partial charge in [-0.1, -0.05) is 64.1 Å². The molecule has 0 saturated carbocycles. The normalized spacial score (nSPS) is 17.3. The van der Waals surface area contributed by atoms with E-state index in [-0.39, 0.29) is 31.4 Å². The molecule has 4 atom stereocenters. The maximum atomic E-state index is 14.3. The number of aliphatic hydroxyl groups is 2. The number of amides is 3. The molecule has 1 aromatic heterocycles. The van der Waals surface area contributed by atoms with Gasteiger partial charge in [-0.05, 0) is 47.9 Å². The molecule has 4 rings (SSSR count). The van der Waals surface area contributed by atoms with E-state index < -0.39 is 48.1 Å². The number of nitrogens with zero attached hydrogens (tertiary/aromatic N) is 3. The van der Waals surface area contributed by atoms with E-state index in [1.807, 2.05) is 30.3 Å². The summed E-state index contributed by atoms with van der Waals surface area (Å²) in [6, 6.07) is 11.1. The molecule has 1 fully saturated rings. The minimum atomic E-state index is -1.46. The van der Waals surface area contributed by atoms with E-state index in [4.69, 9.17) is 14.9 Å². The molecule has 1 saturated heterocycles. The van der Waals surface area contributed by atoms with Gasteiger partial charge in [0.2, 0.25) is 11.8 Å². The first-order valence-corrected chi connectivity index (χ1v) is 14.8. The molecule has 2 unspecified atom stereocenters. The number of urea groups is 1. The number of fused-ring (bicyclic) bond motifs is 1. The number of carbonyl (C=O) groups excluding carboxylic acids is 3. The monoisotopic (exact) mass is 594 g/mol. The van der Waals surface area contributed by atoms with Gasteiger partial charge in [0.1, 0.15) is 12.1 Å². The second kappa shape index (κ2) is 14.1. The maximum absolute atomic E-state index is 14.3. The molecular weight excluding hydrogens is 552 g/mol. The van der Waals surface area contributed by atoms with Crippen LogP contribution in [-0.2, 0) is 27.5 Å². The van der Waals surface area contributed by atoms with Crippen molar-refractivity contribution >= 4 is 29.0 Å². The third kappa shape index (κ3) is 7.41. The molecule has 0 radical (unpaired) electrons. The lowest BCUT2D eigenvalue weighted by Gasteiger charge is -2.40. The Morgan fingerprint density at radius 1 is 1.09 bits per heavy atom. The molecule has 2 heterocycles. The van der Waals surface area contributed by atoms with E-state index >= 15 is 0 Å². The van der Waals surface area contributed by atoms with Gasteiger partial charge >= 0.3 is 12.0 Å². The van der Waals surface area contributed by atoms with Crippen LogP contribution in [0.1, 0.15) is 70.1 Å². The smallest absolute Gasteiger partial charge is 0.327 e. The Morgan fingerprint density at radius 2 is 1.81 bits per heavy atom. The van der Waals surface area contributed by atoms with Gasteiger partial charge in [-0.3, -0.25) is 14.5 Å². The van der Waals surface area contributed by atoms with E-state index in [1.54, 1.807) is 45.9 Å². The van der Waals surface area contributed by atoms with Gasteiger partial charge in [-0.25, -0.2) is 9.78 Å². The van der Waals surface area contributed by atoms with E-state index in [0.717, 1.165) is 10.5 Å². The molecule has 1 aliphatic heterocycles. The number of nitrogens with two attached hydrogens (primary N) is 1. The lowest BCUT2D eigenvalue weighted by molar-refractivity contribution is -0.146. The number of esters is 1. The highest BCUT2D eigenvalue weighted by Crippen LogP contribution is 2.32. The van der Waals surface area contributed by atoms with E-state index in [0.29, 0.717) is 36.0 Å². The number of ether oxygens (including phenoxy) is 1. The van der Waals surface area contributed by atoms with E-state index in [2.05, 4.69) is 4.98 Å². The Labute approximate surface area is 251 Å². The number of rotatable bonds is 11. The molecule has 11 nitrogen and oxygen atoms in total. The molecule has 0 aliphatic carbocycles. The van der Waals surface area contributed by atoms with Gasteiger partial charge in [-0.15, -0.1) is 0 Å². The topological polar surface area (TPSA) is 159 Å². The first-order valence-electron chi connectivity index (χ1n) is 14.8. The fourth-order valence-corrected chi connectivity index (χ4v) is 5.41. The summed E-state index contributed by atoms with van der Waals surface area (Å²) in [5.74, 6) is -1.83. The second-order valence-electron chi connectivity index (χ2n) is 11.8. The summed E-state index contributed by atoms with van der Waals surface area (Å²) in [6.07, 6.45) is -0.274. The first kappa shape index (κ1) is 32.1. The highest BCUT2D eigenvalue weighted by molar-refractivity contribution is 5.98. The summed E-state index contributed by atoms with van der Waals surface area (Å²) >= 11 is 0. The average molecular weight is 595 g/mol. The van der Waals surface area contributed by atoms with Crippen LogP contribution in [0.5, 0.6) is 0 Å². The van der Waals surface area contributed by atoms with E-state index in [1.165, 1.54) is 4.90 Å². The number of imide groups is 1. The summed E-state index contributed by atoms with van der Waals surface area (Å²) in [5.41, 5.74) is 8.60. The summed E-state index contributed by atoms with van der Waals surface area (Å²) in [7, 11) is 0. The molecular formula is C32H42N4O7. The lowest BCUT2D eigenvalue weighted by Crippen LogP contribution is -2.60. The summed E-state index contributed by atoms with van der Waals surface area (Å²) in [4.78, 5) is 47.9. The van der Waals surface area contributed by atoms with Gasteiger partial charge in [-0.2, -0.15) is 0 Å². The second-order valence-corrected chi connectivity index (χ2v) is 11.8. The molecule has 3 aromatic rings. The van der Waals surface area contributed by atoms with Crippen LogP contribution in [0, 0.1) is 11.8 Å². The summed E-state index contributed by atoms with van der Waals surface area (Å²) in [5, 5.41) is 21.1. The highest BCUT2D eigenvalue weighted by atomic mass is 16.5. The van der Waals surface area contributed by atoms with Crippen LogP contribution < -0.4 is 5.73 Å². The number of hydrogen-bond acceptors (Lipinski definition) is 9. The van der Waals surface area contributed by atoms with Gasteiger partial charge in [0.05, 0.1) is 25.1 Å². The Bertz CT molecular complexity index is 1410. The van der Waals surface area contributed by atoms with Crippen molar-refractivity contribution in [2.45, 2.75) is 84.4 Å². The van der Waals surface area contributed by atoms with Crippen LogP contribution >= 0.6 is 0 Å². The van der Waals surface area contributed by atoms with Crippen molar-refractivity contribution in [2.24, 2.45) is 17.6 Å². The number of hydrogen-bond donors (Lipinski definition) is 3. The molecule has 43 heavy (non-hydrogen) atoms. The first-order chi connectivity index (χ1) is 20.5. The van der Waals surface area contributed by atoms with Crippen LogP contribution in [0.4, 0.5) is 4.79 Å². The minimum absolute atomic E-state index is 0.0238. The molecule has 4 N–H and O–H groups in total. The lowest BCUT2D eigenvalue weighted by atomic mass is 9.94. The van der Waals surface area contributed by atoms with Crippen LogP contribution in [-0.4, -0.2) is 67.6 Å². The zero-order chi connectivity index (χ0) is 31.3. The third-order valence-corrected chi connectivity index (χ3v) is 7.92. The van der Waals surface area contributed by atoms with Gasteiger partial charge in [0, 0.05) is 12.6 Å². The molecule has 1 aliphatic rings. The molecule has 0 spiro atoms. The number of oxazole rings is 1. The fraction of sp³-hybridized carbons (Fsp3) is 0.500. The Balaban J connectivity index is 1.61. The number of aromatic nitrogens is 1. The van der Waals surface area contributed by atoms with Crippen LogP contribution in [0.2, 0.25) is 0 Å². The molecule has 0 bridgehead atoms. The average Bonchev–Trinajstić information content (AvgIpc) is 3.64. The van der Waals surface area contributed by atoms with Crippen molar-refractivity contribution in [2.75, 3.05) is 6.54 Å². The third-order valence-electron chi connectivity index (χ3n) is 7.92. The summed E-state index contributed by atoms with van der Waals surface area (Å²) < 4.78 is 11.3. The van der Waals surface area contributed by atoms with Crippen molar-refractivity contribution < 1.29 is 33.8 Å². The zero-order valence-corrected chi connectivity index (χ0v) is 25.2. The van der Waals surface area contributed by atoms with E-state index in [9.17, 15) is 24.6 Å². The predicted octanol–water partition coefficient (Wildman–Crippen LogP) is 3.91. The van der Waals surface area contributed by atoms with Crippen molar-refractivity contribution in [3.8, 4) is 0 Å². The fourth-order valence-electron chi connectivity index (χ4n) is 5.41. The van der Waals surface area contributed by atoms with Gasteiger partial charge < -0.3 is 30.0 Å². The standard InChI is InChI=1S/C32H42N4O7/c1-19(2)27(33)31(40)36(28(20(3)4)29(39)30-34-24-15-22(17-37)12-13-25(24)43-30)32(41)35-14-8-11-23(35)16-26(38)42-18-21-9-6-5-7-10-21/h5-7,9-10,12-13,15,19-20,23,27-29,37,39H,8,11,14,16-18,33H2,1-4H3/t23?,27-,28-,29?/m0/s1. The maximum Gasteiger partial charge on any atom is 0.327 e. The number of likely N-dealkylation sites (tertiary alicyclic amines) is 1. The molecule has 11 heteroatoms. The molecule has 232 valence electrons. The number of aliphatic hydroxyl groups excluding tert-OH is 2. The largest absolute Gasteiger partial charge is 0.461 e. The zero-order valence-electron chi connectivity index (χ0n) is 25.2. The Morgan fingerprint density at radius 3 is 2.47 bits per heavy atom. The van der Waals surface area contributed by atoms with Gasteiger partial charge in [0.25, 0.3) is 0 Å². The van der Waals surface area contributed by atoms with Crippen molar-refractivity contribution in [1.29, 1.82) is 0 Å². The van der Waals surface area contributed by atoms with Crippen LogP contribution in [0.3, 0.4) is 0 Å².